The van der Waals surface area contributed by atoms with Gasteiger partial charge < -0.3 is 10.2 Å². The minimum absolute atomic E-state index is 0.0556. The molecule has 3 heterocycles. The van der Waals surface area contributed by atoms with Gasteiger partial charge in [-0.1, -0.05) is 41.9 Å². The third kappa shape index (κ3) is 2.26. The Morgan fingerprint density at radius 3 is 2.69 bits per heavy atom. The van der Waals surface area contributed by atoms with Crippen molar-refractivity contribution in [1.29, 1.82) is 0 Å². The second-order valence-corrected chi connectivity index (χ2v) is 7.83. The molecule has 2 aliphatic heterocycles. The van der Waals surface area contributed by atoms with Gasteiger partial charge in [0.15, 0.2) is 0 Å². The van der Waals surface area contributed by atoms with Crippen LogP contribution in [0.1, 0.15) is 30.0 Å². The molecule has 2 aliphatic rings. The van der Waals surface area contributed by atoms with Crippen LogP contribution in [0.2, 0.25) is 5.02 Å². The van der Waals surface area contributed by atoms with Crippen LogP contribution in [0, 0.1) is 6.92 Å². The van der Waals surface area contributed by atoms with Gasteiger partial charge in [0.1, 0.15) is 11.2 Å². The molecule has 1 N–H and O–H groups in total. The van der Waals surface area contributed by atoms with E-state index in [1.807, 2.05) is 50.2 Å². The summed E-state index contributed by atoms with van der Waals surface area (Å²) < 4.78 is 1.60. The summed E-state index contributed by atoms with van der Waals surface area (Å²) in [6, 6.07) is 13.2. The van der Waals surface area contributed by atoms with Crippen LogP contribution in [0.4, 0.5) is 11.5 Å². The van der Waals surface area contributed by atoms with E-state index in [9.17, 15) is 9.59 Å². The first-order valence-corrected chi connectivity index (χ1v) is 9.92. The topological polar surface area (TPSA) is 67.2 Å². The summed E-state index contributed by atoms with van der Waals surface area (Å²) in [4.78, 5) is 28.3. The van der Waals surface area contributed by atoms with E-state index in [2.05, 4.69) is 10.4 Å². The molecule has 0 radical (unpaired) electrons. The first-order valence-electron chi connectivity index (χ1n) is 9.54. The number of aryl methyl sites for hydroxylation is 1. The number of rotatable bonds is 2. The Labute approximate surface area is 173 Å². The second-order valence-electron chi connectivity index (χ2n) is 7.42. The van der Waals surface area contributed by atoms with Crippen molar-refractivity contribution >= 4 is 34.9 Å². The number of carbonyl (C=O) groups excluding carboxylic acids is 2. The normalized spacial score (nSPS) is 20.0. The molecule has 0 unspecified atom stereocenters. The largest absolute Gasteiger partial charge is 0.311 e. The zero-order valence-electron chi connectivity index (χ0n) is 16.1. The van der Waals surface area contributed by atoms with Gasteiger partial charge in [-0.3, -0.25) is 9.59 Å². The van der Waals surface area contributed by atoms with Crippen LogP contribution in [0.15, 0.2) is 48.7 Å². The summed E-state index contributed by atoms with van der Waals surface area (Å²) >= 11 is 6.37. The van der Waals surface area contributed by atoms with Gasteiger partial charge in [-0.2, -0.15) is 5.10 Å². The maximum atomic E-state index is 13.7. The van der Waals surface area contributed by atoms with Crippen molar-refractivity contribution in [3.63, 3.8) is 0 Å². The average molecular weight is 407 g/mol. The molecule has 146 valence electrons. The maximum Gasteiger partial charge on any atom is 0.242 e. The Kier molecular flexibility index (Phi) is 3.83. The number of aromatic nitrogens is 2. The zero-order valence-corrected chi connectivity index (χ0v) is 16.8. The van der Waals surface area contributed by atoms with Crippen molar-refractivity contribution < 1.29 is 9.59 Å². The number of benzene rings is 2. The molecule has 0 bridgehead atoms. The monoisotopic (exact) mass is 406 g/mol. The highest BCUT2D eigenvalue weighted by Crippen LogP contribution is 2.53. The Hall–Kier alpha value is -3.12. The molecular formula is C22H19ClN4O2. The van der Waals surface area contributed by atoms with Crippen molar-refractivity contribution in [3.05, 3.63) is 70.4 Å². The fraction of sp³-hybridized carbons (Fsp3) is 0.227. The van der Waals surface area contributed by atoms with Gasteiger partial charge >= 0.3 is 0 Å². The molecule has 2 aromatic carbocycles. The van der Waals surface area contributed by atoms with Crippen molar-refractivity contribution in [3.8, 4) is 5.69 Å². The minimum Gasteiger partial charge on any atom is -0.311 e. The molecule has 0 saturated carbocycles. The Bertz CT molecular complexity index is 1190. The average Bonchev–Trinajstić information content (AvgIpc) is 3.22. The molecule has 5 rings (SSSR count). The second kappa shape index (κ2) is 6.19. The number of nitrogens with one attached hydrogen (secondary N) is 1. The molecule has 1 aromatic heterocycles. The lowest BCUT2D eigenvalue weighted by atomic mass is 9.71. The SMILES string of the molecule is CCN1C(=O)[C@]2(CC(=O)Nc3c2cnn3-c2ccccc2Cl)c2cccc(C)c21. The van der Waals surface area contributed by atoms with E-state index in [0.29, 0.717) is 28.6 Å². The zero-order chi connectivity index (χ0) is 20.3. The predicted molar refractivity (Wildman–Crippen MR) is 112 cm³/mol. The highest BCUT2D eigenvalue weighted by atomic mass is 35.5. The number of likely N-dealkylation sites (N-methyl/N-ethyl adjacent to an activating group) is 1. The number of carbonyl (C=O) groups is 2. The van der Waals surface area contributed by atoms with Gasteiger partial charge in [0.25, 0.3) is 0 Å². The highest BCUT2D eigenvalue weighted by molar-refractivity contribution is 6.32. The molecule has 2 amide bonds. The smallest absolute Gasteiger partial charge is 0.242 e. The van der Waals surface area contributed by atoms with Crippen molar-refractivity contribution in [2.75, 3.05) is 16.8 Å². The van der Waals surface area contributed by atoms with Crippen molar-refractivity contribution in [2.45, 2.75) is 25.7 Å². The van der Waals surface area contributed by atoms with Crippen molar-refractivity contribution in [1.82, 2.24) is 9.78 Å². The van der Waals surface area contributed by atoms with E-state index in [1.54, 1.807) is 21.8 Å². The summed E-state index contributed by atoms with van der Waals surface area (Å²) in [7, 11) is 0. The number of hydrogen-bond donors (Lipinski definition) is 1. The Balaban J connectivity index is 1.81. The highest BCUT2D eigenvalue weighted by Gasteiger charge is 2.57. The molecule has 0 aliphatic carbocycles. The van der Waals surface area contributed by atoms with Crippen LogP contribution < -0.4 is 10.2 Å². The fourth-order valence-corrected chi connectivity index (χ4v) is 4.86. The molecule has 1 atom stereocenters. The van der Waals surface area contributed by atoms with Crippen LogP contribution in [-0.4, -0.2) is 28.1 Å². The Morgan fingerprint density at radius 1 is 1.14 bits per heavy atom. The number of nitrogens with zero attached hydrogens (tertiary/aromatic N) is 3. The molecular weight excluding hydrogens is 388 g/mol. The van der Waals surface area contributed by atoms with Gasteiger partial charge in [0, 0.05) is 18.5 Å². The predicted octanol–water partition coefficient (Wildman–Crippen LogP) is 3.83. The summed E-state index contributed by atoms with van der Waals surface area (Å²) in [5.41, 5.74) is 3.04. The number of hydrogen-bond acceptors (Lipinski definition) is 3. The standard InChI is InChI=1S/C22H19ClN4O2/c1-3-26-19-13(2)7-6-8-14(19)22(21(26)29)11-18(28)25-20-15(22)12-24-27(20)17-10-5-4-9-16(17)23/h4-10,12H,3,11H2,1-2H3,(H,25,28)/t22-/m1/s1. The molecule has 7 heteroatoms. The Morgan fingerprint density at radius 2 is 1.93 bits per heavy atom. The lowest BCUT2D eigenvalue weighted by Gasteiger charge is -2.32. The minimum atomic E-state index is -1.07. The molecule has 0 fully saturated rings. The number of fused-ring (bicyclic) bond motifs is 4. The number of anilines is 2. The fourth-order valence-electron chi connectivity index (χ4n) is 4.64. The molecule has 1 spiro atoms. The number of halogens is 1. The van der Waals surface area contributed by atoms with Crippen LogP contribution in [-0.2, 0) is 15.0 Å². The summed E-state index contributed by atoms with van der Waals surface area (Å²) in [5, 5.41) is 7.94. The first kappa shape index (κ1) is 17.9. The van der Waals surface area contributed by atoms with E-state index >= 15 is 0 Å². The van der Waals surface area contributed by atoms with Gasteiger partial charge in [-0.15, -0.1) is 0 Å². The van der Waals surface area contributed by atoms with Crippen molar-refractivity contribution in [2.24, 2.45) is 0 Å². The van der Waals surface area contributed by atoms with E-state index < -0.39 is 5.41 Å². The molecule has 6 nitrogen and oxygen atoms in total. The molecule has 0 saturated heterocycles. The number of amides is 2. The van der Waals surface area contributed by atoms with Crippen LogP contribution in [0.25, 0.3) is 5.69 Å². The lowest BCUT2D eigenvalue weighted by molar-refractivity contribution is -0.126. The third-order valence-corrected chi connectivity index (χ3v) is 6.21. The van der Waals surface area contributed by atoms with Crippen LogP contribution in [0.3, 0.4) is 0 Å². The lowest BCUT2D eigenvalue weighted by Crippen LogP contribution is -2.46. The quantitative estimate of drug-likeness (QED) is 0.703. The summed E-state index contributed by atoms with van der Waals surface area (Å²) in [5.74, 6) is 0.192. The van der Waals surface area contributed by atoms with Crippen LogP contribution >= 0.6 is 11.6 Å². The summed E-state index contributed by atoms with van der Waals surface area (Å²) in [6.45, 7) is 4.48. The molecule has 3 aromatic rings. The third-order valence-electron chi connectivity index (χ3n) is 5.89. The van der Waals surface area contributed by atoms with Gasteiger partial charge in [0.05, 0.1) is 22.6 Å². The summed E-state index contributed by atoms with van der Waals surface area (Å²) in [6.07, 6.45) is 1.74. The van der Waals surface area contributed by atoms with Gasteiger partial charge in [0.2, 0.25) is 11.8 Å². The maximum absolute atomic E-state index is 13.7. The number of para-hydroxylation sites is 2. The van der Waals surface area contributed by atoms with Gasteiger partial charge in [-0.05, 0) is 37.1 Å². The van der Waals surface area contributed by atoms with E-state index in [-0.39, 0.29) is 18.2 Å². The molecule has 29 heavy (non-hydrogen) atoms. The van der Waals surface area contributed by atoms with E-state index in [4.69, 9.17) is 11.6 Å². The van der Waals surface area contributed by atoms with E-state index in [0.717, 1.165) is 16.8 Å². The first-order chi connectivity index (χ1) is 14.0. The van der Waals surface area contributed by atoms with Crippen LogP contribution in [0.5, 0.6) is 0 Å². The van der Waals surface area contributed by atoms with E-state index in [1.165, 1.54) is 0 Å². The van der Waals surface area contributed by atoms with Gasteiger partial charge in [-0.25, -0.2) is 4.68 Å².